The van der Waals surface area contributed by atoms with Crippen LogP contribution in [0.3, 0.4) is 0 Å². The number of carbonyl (C=O) groups excluding carboxylic acids is 1. The van der Waals surface area contributed by atoms with Crippen molar-refractivity contribution in [2.24, 2.45) is 0 Å². The summed E-state index contributed by atoms with van der Waals surface area (Å²) in [5.41, 5.74) is -0.946. The summed E-state index contributed by atoms with van der Waals surface area (Å²) in [5.74, 6) is -4.05. The molecule has 1 aliphatic heterocycles. The Labute approximate surface area is 169 Å². The Balaban J connectivity index is 1.76. The number of sulfonamides is 1. The van der Waals surface area contributed by atoms with Crippen molar-refractivity contribution in [2.75, 3.05) is 26.2 Å². The van der Waals surface area contributed by atoms with Gasteiger partial charge in [-0.3, -0.25) is 14.9 Å². The summed E-state index contributed by atoms with van der Waals surface area (Å²) in [5, 5.41) is 11.0. The highest BCUT2D eigenvalue weighted by Gasteiger charge is 2.32. The molecule has 160 valence electrons. The van der Waals surface area contributed by atoms with Crippen LogP contribution in [-0.4, -0.2) is 54.6 Å². The molecule has 0 spiro atoms. The second-order valence-electron chi connectivity index (χ2n) is 6.63. The molecule has 2 aromatic carbocycles. The van der Waals surface area contributed by atoms with Crippen LogP contribution in [0.1, 0.15) is 15.9 Å². The molecule has 1 heterocycles. The summed E-state index contributed by atoms with van der Waals surface area (Å²) in [7, 11) is -4.11. The first kappa shape index (κ1) is 21.7. The Morgan fingerprint density at radius 3 is 2.20 bits per heavy atom. The highest BCUT2D eigenvalue weighted by molar-refractivity contribution is 7.89. The van der Waals surface area contributed by atoms with Gasteiger partial charge in [0.2, 0.25) is 10.0 Å². The molecule has 1 amide bonds. The lowest BCUT2D eigenvalue weighted by Crippen LogP contribution is -2.50. The summed E-state index contributed by atoms with van der Waals surface area (Å²) in [6.07, 6.45) is 0. The lowest BCUT2D eigenvalue weighted by atomic mass is 10.1. The van der Waals surface area contributed by atoms with Gasteiger partial charge >= 0.3 is 0 Å². The highest BCUT2D eigenvalue weighted by atomic mass is 32.2. The molecule has 0 aliphatic carbocycles. The van der Waals surface area contributed by atoms with Crippen molar-refractivity contribution in [1.82, 2.24) is 9.21 Å². The number of benzene rings is 2. The van der Waals surface area contributed by atoms with Gasteiger partial charge in [-0.1, -0.05) is 0 Å². The Bertz CT molecular complexity index is 1130. The fourth-order valence-electron chi connectivity index (χ4n) is 3.08. The molecule has 0 bridgehead atoms. The van der Waals surface area contributed by atoms with Crippen LogP contribution >= 0.6 is 0 Å². The van der Waals surface area contributed by atoms with Crippen LogP contribution in [0.15, 0.2) is 35.2 Å². The molecular formula is C18H16F3N3O5S. The summed E-state index contributed by atoms with van der Waals surface area (Å²) >= 11 is 0. The molecule has 0 saturated carbocycles. The molecule has 1 saturated heterocycles. The number of piperazine rings is 1. The minimum Gasteiger partial charge on any atom is -0.336 e. The van der Waals surface area contributed by atoms with Gasteiger partial charge in [-0.05, 0) is 31.2 Å². The Kier molecular flexibility index (Phi) is 5.81. The van der Waals surface area contributed by atoms with Gasteiger partial charge in [-0.25, -0.2) is 21.6 Å². The summed E-state index contributed by atoms with van der Waals surface area (Å²) < 4.78 is 66.7. The van der Waals surface area contributed by atoms with Crippen LogP contribution in [-0.2, 0) is 10.0 Å². The number of hydrogen-bond donors (Lipinski definition) is 0. The number of nitro groups is 1. The van der Waals surface area contributed by atoms with Crippen molar-refractivity contribution in [2.45, 2.75) is 11.8 Å². The molecule has 0 N–H and O–H groups in total. The maximum absolute atomic E-state index is 14.0. The van der Waals surface area contributed by atoms with Crippen LogP contribution in [0, 0.1) is 34.5 Å². The smallest absolute Gasteiger partial charge is 0.276 e. The molecule has 0 aromatic heterocycles. The second kappa shape index (κ2) is 8.03. The largest absolute Gasteiger partial charge is 0.336 e. The fraction of sp³-hybridized carbons (Fsp3) is 0.278. The van der Waals surface area contributed by atoms with Gasteiger partial charge in [0.05, 0.1) is 15.4 Å². The zero-order valence-electron chi connectivity index (χ0n) is 15.6. The average molecular weight is 443 g/mol. The number of hydrogen-bond acceptors (Lipinski definition) is 5. The van der Waals surface area contributed by atoms with Crippen molar-refractivity contribution >= 4 is 21.6 Å². The van der Waals surface area contributed by atoms with E-state index in [4.69, 9.17) is 0 Å². The maximum atomic E-state index is 14.0. The van der Waals surface area contributed by atoms with E-state index in [1.807, 2.05) is 0 Å². The van der Waals surface area contributed by atoms with E-state index in [0.29, 0.717) is 12.1 Å². The van der Waals surface area contributed by atoms with Gasteiger partial charge in [0, 0.05) is 37.8 Å². The molecule has 1 fully saturated rings. The molecule has 3 rings (SSSR count). The van der Waals surface area contributed by atoms with Crippen LogP contribution < -0.4 is 0 Å². The van der Waals surface area contributed by atoms with Crippen LogP contribution in [0.5, 0.6) is 0 Å². The third-order valence-electron chi connectivity index (χ3n) is 4.82. The molecule has 2 aromatic rings. The molecule has 30 heavy (non-hydrogen) atoms. The molecular weight excluding hydrogens is 427 g/mol. The van der Waals surface area contributed by atoms with Crippen molar-refractivity contribution < 1.29 is 31.3 Å². The fourth-order valence-corrected chi connectivity index (χ4v) is 4.51. The van der Waals surface area contributed by atoms with Crippen molar-refractivity contribution in [3.63, 3.8) is 0 Å². The number of rotatable bonds is 4. The summed E-state index contributed by atoms with van der Waals surface area (Å²) in [4.78, 5) is 23.7. The Hall–Kier alpha value is -2.99. The van der Waals surface area contributed by atoms with E-state index in [2.05, 4.69) is 0 Å². The molecule has 1 aliphatic rings. The predicted octanol–water partition coefficient (Wildman–Crippen LogP) is 2.47. The lowest BCUT2D eigenvalue weighted by Gasteiger charge is -2.34. The van der Waals surface area contributed by atoms with E-state index in [0.717, 1.165) is 22.5 Å². The minimum absolute atomic E-state index is 0.0645. The SMILES string of the molecule is Cc1c(F)cc(C(=O)N2CCN(S(=O)(=O)c3ccc(F)c(F)c3)CC2)cc1[N+](=O)[O-]. The van der Waals surface area contributed by atoms with Gasteiger partial charge < -0.3 is 4.90 Å². The van der Waals surface area contributed by atoms with E-state index < -0.39 is 48.9 Å². The van der Waals surface area contributed by atoms with E-state index in [1.54, 1.807) is 0 Å². The van der Waals surface area contributed by atoms with Crippen LogP contribution in [0.25, 0.3) is 0 Å². The van der Waals surface area contributed by atoms with E-state index in [1.165, 1.54) is 11.8 Å². The predicted molar refractivity (Wildman–Crippen MR) is 98.8 cm³/mol. The van der Waals surface area contributed by atoms with E-state index in [9.17, 15) is 36.5 Å². The van der Waals surface area contributed by atoms with Crippen molar-refractivity contribution in [3.8, 4) is 0 Å². The Morgan fingerprint density at radius 1 is 1.00 bits per heavy atom. The lowest BCUT2D eigenvalue weighted by molar-refractivity contribution is -0.385. The van der Waals surface area contributed by atoms with Gasteiger partial charge in [0.25, 0.3) is 11.6 Å². The number of amides is 1. The number of halogens is 3. The first-order chi connectivity index (χ1) is 14.0. The zero-order valence-corrected chi connectivity index (χ0v) is 16.5. The van der Waals surface area contributed by atoms with Crippen LogP contribution in [0.2, 0.25) is 0 Å². The first-order valence-electron chi connectivity index (χ1n) is 8.71. The zero-order chi connectivity index (χ0) is 22.2. The number of nitrogens with zero attached hydrogens (tertiary/aromatic N) is 3. The topological polar surface area (TPSA) is 101 Å². The van der Waals surface area contributed by atoms with Crippen molar-refractivity contribution in [3.05, 3.63) is 69.0 Å². The third-order valence-corrected chi connectivity index (χ3v) is 6.71. The monoisotopic (exact) mass is 443 g/mol. The summed E-state index contributed by atoms with van der Waals surface area (Å²) in [6.45, 7) is 0.826. The van der Waals surface area contributed by atoms with Crippen LogP contribution in [0.4, 0.5) is 18.9 Å². The van der Waals surface area contributed by atoms with Crippen molar-refractivity contribution in [1.29, 1.82) is 0 Å². The highest BCUT2D eigenvalue weighted by Crippen LogP contribution is 2.25. The minimum atomic E-state index is -4.11. The van der Waals surface area contributed by atoms with Gasteiger partial charge in [0.15, 0.2) is 11.6 Å². The molecule has 0 radical (unpaired) electrons. The standard InChI is InChI=1S/C18H16F3N3O5S/c1-11-15(20)8-12(9-17(11)24(26)27)18(25)22-4-6-23(7-5-22)30(28,29)13-2-3-14(19)16(21)10-13/h2-3,8-10H,4-7H2,1H3. The third kappa shape index (κ3) is 4.00. The van der Waals surface area contributed by atoms with Gasteiger partial charge in [-0.2, -0.15) is 4.31 Å². The number of carbonyl (C=O) groups is 1. The molecule has 12 heteroatoms. The van der Waals surface area contributed by atoms with Gasteiger partial charge in [0.1, 0.15) is 5.82 Å². The summed E-state index contributed by atoms with van der Waals surface area (Å²) in [6, 6.07) is 4.11. The maximum Gasteiger partial charge on any atom is 0.276 e. The molecule has 0 atom stereocenters. The average Bonchev–Trinajstić information content (AvgIpc) is 2.71. The molecule has 8 nitrogen and oxygen atoms in total. The van der Waals surface area contributed by atoms with E-state index >= 15 is 0 Å². The second-order valence-corrected chi connectivity index (χ2v) is 8.57. The quantitative estimate of drug-likeness (QED) is 0.534. The first-order valence-corrected chi connectivity index (χ1v) is 10.2. The molecule has 0 unspecified atom stereocenters. The van der Waals surface area contributed by atoms with Gasteiger partial charge in [-0.15, -0.1) is 0 Å². The van der Waals surface area contributed by atoms with E-state index in [-0.39, 0.29) is 37.3 Å². The normalized spacial score (nSPS) is 15.3. The number of nitro benzene ring substituents is 1. The Morgan fingerprint density at radius 2 is 1.63 bits per heavy atom.